The number of nitrogens with zero attached hydrogens (tertiary/aromatic N) is 3. The van der Waals surface area contributed by atoms with Gasteiger partial charge in [0.25, 0.3) is 5.91 Å². The van der Waals surface area contributed by atoms with Gasteiger partial charge in [-0.2, -0.15) is 5.10 Å². The largest absolute Gasteiger partial charge is 0.374 e. The summed E-state index contributed by atoms with van der Waals surface area (Å²) in [6.45, 7) is 7.91. The van der Waals surface area contributed by atoms with E-state index >= 15 is 0 Å². The average molecular weight is 412 g/mol. The van der Waals surface area contributed by atoms with Crippen LogP contribution in [0.4, 0.5) is 0 Å². The first kappa shape index (κ1) is 20.0. The molecule has 2 aromatic rings. The van der Waals surface area contributed by atoms with Gasteiger partial charge in [-0.1, -0.05) is 18.2 Å². The van der Waals surface area contributed by atoms with E-state index in [0.717, 1.165) is 50.0 Å². The number of amides is 1. The van der Waals surface area contributed by atoms with E-state index in [-0.39, 0.29) is 18.0 Å². The summed E-state index contributed by atoms with van der Waals surface area (Å²) >= 11 is 0. The van der Waals surface area contributed by atoms with Crippen LogP contribution >= 0.6 is 0 Å². The molecule has 7 nitrogen and oxygen atoms in total. The van der Waals surface area contributed by atoms with Crippen molar-refractivity contribution in [1.29, 1.82) is 0 Å². The second-order valence-corrected chi connectivity index (χ2v) is 9.32. The second kappa shape index (κ2) is 8.29. The van der Waals surface area contributed by atoms with E-state index in [4.69, 9.17) is 4.74 Å². The Balaban J connectivity index is 1.26. The van der Waals surface area contributed by atoms with Gasteiger partial charge < -0.3 is 15.4 Å². The summed E-state index contributed by atoms with van der Waals surface area (Å²) in [6, 6.07) is 9.55. The number of nitrogens with one attached hydrogen (secondary N) is 2. The molecule has 3 fully saturated rings. The molecule has 0 saturated carbocycles. The van der Waals surface area contributed by atoms with Gasteiger partial charge in [0.2, 0.25) is 0 Å². The molecule has 7 heteroatoms. The fourth-order valence-corrected chi connectivity index (χ4v) is 5.57. The van der Waals surface area contributed by atoms with Crippen molar-refractivity contribution >= 4 is 16.8 Å². The maximum absolute atomic E-state index is 13.2. The van der Waals surface area contributed by atoms with E-state index in [1.54, 1.807) is 0 Å². The predicted molar refractivity (Wildman–Crippen MR) is 117 cm³/mol. The van der Waals surface area contributed by atoms with Crippen LogP contribution in [0.5, 0.6) is 0 Å². The number of hydrogen-bond donors (Lipinski definition) is 2. The molecule has 2 N–H and O–H groups in total. The molecule has 5 rings (SSSR count). The lowest BCUT2D eigenvalue weighted by atomic mass is 9.96. The van der Waals surface area contributed by atoms with E-state index in [9.17, 15) is 4.79 Å². The number of piperidine rings is 1. The summed E-state index contributed by atoms with van der Waals surface area (Å²) in [5.74, 6) is -0.0386. The van der Waals surface area contributed by atoms with Gasteiger partial charge in [0.15, 0.2) is 5.69 Å². The van der Waals surface area contributed by atoms with Gasteiger partial charge in [-0.25, -0.2) is 0 Å². The number of aromatic nitrogens is 2. The van der Waals surface area contributed by atoms with E-state index in [0.29, 0.717) is 23.9 Å². The molecule has 0 radical (unpaired) electrons. The van der Waals surface area contributed by atoms with E-state index < -0.39 is 0 Å². The minimum absolute atomic E-state index is 0.0386. The van der Waals surface area contributed by atoms with Crippen molar-refractivity contribution in [3.63, 3.8) is 0 Å². The fourth-order valence-electron chi connectivity index (χ4n) is 5.57. The maximum atomic E-state index is 13.2. The van der Waals surface area contributed by atoms with E-state index in [1.165, 1.54) is 12.8 Å². The van der Waals surface area contributed by atoms with Crippen LogP contribution in [0.2, 0.25) is 0 Å². The molecular weight excluding hydrogens is 378 g/mol. The Morgan fingerprint density at radius 1 is 1.27 bits per heavy atom. The van der Waals surface area contributed by atoms with Crippen LogP contribution in [0.1, 0.15) is 56.1 Å². The summed E-state index contributed by atoms with van der Waals surface area (Å²) < 4.78 is 7.89. The zero-order chi connectivity index (χ0) is 20.7. The molecule has 3 saturated heterocycles. The first-order chi connectivity index (χ1) is 14.6. The number of ether oxygens (including phenoxy) is 1. The highest BCUT2D eigenvalue weighted by Gasteiger charge is 2.42. The second-order valence-electron chi connectivity index (χ2n) is 9.32. The van der Waals surface area contributed by atoms with Crippen LogP contribution < -0.4 is 10.6 Å². The van der Waals surface area contributed by atoms with Crippen LogP contribution in [0.15, 0.2) is 24.3 Å². The number of carbonyl (C=O) groups excluding carboxylic acids is 1. The molecule has 2 bridgehead atoms. The van der Waals surface area contributed by atoms with Crippen LogP contribution in [0.3, 0.4) is 0 Å². The lowest BCUT2D eigenvalue weighted by Crippen LogP contribution is -2.54. The Labute approximate surface area is 178 Å². The summed E-state index contributed by atoms with van der Waals surface area (Å²) in [5.41, 5.74) is 1.57. The normalized spacial score (nSPS) is 29.6. The number of benzene rings is 1. The van der Waals surface area contributed by atoms with E-state index in [2.05, 4.69) is 34.5 Å². The molecule has 1 aromatic carbocycles. The fraction of sp³-hybridized carbons (Fsp3) is 0.652. The molecule has 4 heterocycles. The molecule has 162 valence electrons. The Morgan fingerprint density at radius 2 is 2.03 bits per heavy atom. The van der Waals surface area contributed by atoms with Gasteiger partial charge in [-0.05, 0) is 45.6 Å². The Bertz CT molecular complexity index is 890. The molecule has 3 aliphatic rings. The minimum Gasteiger partial charge on any atom is -0.374 e. The van der Waals surface area contributed by atoms with Crippen molar-refractivity contribution in [2.45, 2.75) is 69.8 Å². The van der Waals surface area contributed by atoms with Crippen molar-refractivity contribution in [2.75, 3.05) is 26.2 Å². The van der Waals surface area contributed by atoms with Crippen LogP contribution in [0.25, 0.3) is 10.9 Å². The number of carbonyl (C=O) groups is 1. The Kier molecular flexibility index (Phi) is 5.52. The highest BCUT2D eigenvalue weighted by atomic mass is 16.5. The summed E-state index contributed by atoms with van der Waals surface area (Å²) in [5, 5.41) is 12.4. The molecule has 0 spiro atoms. The first-order valence-electron chi connectivity index (χ1n) is 11.5. The number of para-hydroxylation sites is 1. The van der Waals surface area contributed by atoms with Crippen molar-refractivity contribution in [1.82, 2.24) is 25.3 Å². The molecule has 1 aromatic heterocycles. The lowest BCUT2D eigenvalue weighted by molar-refractivity contribution is -0.0146. The molecule has 3 aliphatic heterocycles. The molecule has 30 heavy (non-hydrogen) atoms. The minimum atomic E-state index is -0.0386. The van der Waals surface area contributed by atoms with Crippen molar-refractivity contribution < 1.29 is 9.53 Å². The van der Waals surface area contributed by atoms with Crippen molar-refractivity contribution in [3.8, 4) is 0 Å². The zero-order valence-corrected chi connectivity index (χ0v) is 18.0. The molecule has 4 atom stereocenters. The SMILES string of the molecule is CC(C)n1nc(C(=O)NC2C[C@H]3CC[C@@H](C2)N3CC2CNCCO2)c2ccccc21. The third-order valence-corrected chi connectivity index (χ3v) is 6.96. The van der Waals surface area contributed by atoms with Crippen LogP contribution in [-0.2, 0) is 4.74 Å². The zero-order valence-electron chi connectivity index (χ0n) is 18.0. The molecule has 1 amide bonds. The Hall–Kier alpha value is -1.96. The monoisotopic (exact) mass is 411 g/mol. The van der Waals surface area contributed by atoms with Gasteiger partial charge in [0.05, 0.1) is 18.2 Å². The lowest BCUT2D eigenvalue weighted by Gasteiger charge is -2.41. The van der Waals surface area contributed by atoms with Crippen LogP contribution in [-0.4, -0.2) is 71.1 Å². The summed E-state index contributed by atoms with van der Waals surface area (Å²) in [7, 11) is 0. The first-order valence-corrected chi connectivity index (χ1v) is 11.5. The summed E-state index contributed by atoms with van der Waals surface area (Å²) in [6.07, 6.45) is 4.78. The predicted octanol–water partition coefficient (Wildman–Crippen LogP) is 2.33. The van der Waals surface area contributed by atoms with Crippen molar-refractivity contribution in [3.05, 3.63) is 30.0 Å². The van der Waals surface area contributed by atoms with Gasteiger partial charge >= 0.3 is 0 Å². The maximum Gasteiger partial charge on any atom is 0.272 e. The standard InChI is InChI=1S/C23H33N5O2/c1-15(2)28-21-6-4-3-5-20(21)22(26-28)23(29)25-16-11-17-7-8-18(12-16)27(17)14-19-13-24-9-10-30-19/h3-6,15-19,24H,7-14H2,1-2H3,(H,25,29)/t16?,17-,18+,19?. The molecule has 2 unspecified atom stereocenters. The van der Waals surface area contributed by atoms with Gasteiger partial charge in [0, 0.05) is 49.2 Å². The van der Waals surface area contributed by atoms with Crippen molar-refractivity contribution in [2.24, 2.45) is 0 Å². The quantitative estimate of drug-likeness (QED) is 0.790. The highest BCUT2D eigenvalue weighted by molar-refractivity contribution is 6.05. The number of rotatable bonds is 5. The number of fused-ring (bicyclic) bond motifs is 3. The third-order valence-electron chi connectivity index (χ3n) is 6.96. The smallest absolute Gasteiger partial charge is 0.272 e. The molecule has 0 aliphatic carbocycles. The van der Waals surface area contributed by atoms with Gasteiger partial charge in [0.1, 0.15) is 0 Å². The van der Waals surface area contributed by atoms with Gasteiger partial charge in [-0.15, -0.1) is 0 Å². The topological polar surface area (TPSA) is 71.4 Å². The highest BCUT2D eigenvalue weighted by Crippen LogP contribution is 2.36. The third kappa shape index (κ3) is 3.74. The molecular formula is C23H33N5O2. The average Bonchev–Trinajstić information content (AvgIpc) is 3.24. The van der Waals surface area contributed by atoms with E-state index in [1.807, 2.05) is 28.9 Å². The summed E-state index contributed by atoms with van der Waals surface area (Å²) in [4.78, 5) is 15.8. The van der Waals surface area contributed by atoms with Crippen LogP contribution in [0, 0.1) is 0 Å². The van der Waals surface area contributed by atoms with Gasteiger partial charge in [-0.3, -0.25) is 14.4 Å². The number of morpholine rings is 1. The number of hydrogen-bond acceptors (Lipinski definition) is 5. The Morgan fingerprint density at radius 3 is 2.73 bits per heavy atom.